The van der Waals surface area contributed by atoms with Crippen LogP contribution in [0.15, 0.2) is 61.1 Å². The zero-order valence-electron chi connectivity index (χ0n) is 22.4. The number of hydrogen-bond donors (Lipinski definition) is 1. The predicted molar refractivity (Wildman–Crippen MR) is 147 cm³/mol. The van der Waals surface area contributed by atoms with E-state index in [0.29, 0.717) is 36.7 Å². The molecule has 1 N–H and O–H groups in total. The lowest BCUT2D eigenvalue weighted by molar-refractivity contribution is -0.137. The number of rotatable bonds is 8. The van der Waals surface area contributed by atoms with Crippen LogP contribution in [-0.2, 0) is 17.5 Å². The molecule has 0 aliphatic carbocycles. The van der Waals surface area contributed by atoms with E-state index in [9.17, 15) is 18.0 Å². The van der Waals surface area contributed by atoms with Crippen LogP contribution in [0.5, 0.6) is 11.5 Å². The molecule has 2 aromatic heterocycles. The van der Waals surface area contributed by atoms with Gasteiger partial charge in [-0.1, -0.05) is 17.7 Å². The Labute approximate surface area is 234 Å². The van der Waals surface area contributed by atoms with Crippen molar-refractivity contribution in [3.8, 4) is 11.5 Å². The second kappa shape index (κ2) is 11.6. The summed E-state index contributed by atoms with van der Waals surface area (Å²) in [6.45, 7) is 8.73. The lowest BCUT2D eigenvalue weighted by Gasteiger charge is -2.26. The number of halogens is 4. The van der Waals surface area contributed by atoms with Gasteiger partial charge in [0.25, 0.3) is 0 Å². The normalized spacial score (nSPS) is 11.9. The fraction of sp³-hybridized carbons (Fsp3) is 0.321. The number of likely N-dealkylation sites (N-methyl/N-ethyl adjacent to an activating group) is 1. The summed E-state index contributed by atoms with van der Waals surface area (Å²) in [5.74, 6) is 0.725. The number of aromatic nitrogens is 3. The molecule has 0 aliphatic rings. The summed E-state index contributed by atoms with van der Waals surface area (Å²) in [6, 6.07) is 11.3. The van der Waals surface area contributed by atoms with Crippen molar-refractivity contribution in [1.29, 1.82) is 0 Å². The number of hydrogen-bond acceptors (Lipinski definition) is 6. The van der Waals surface area contributed by atoms with Gasteiger partial charge in [0.1, 0.15) is 28.9 Å². The van der Waals surface area contributed by atoms with Crippen LogP contribution in [0.3, 0.4) is 0 Å². The lowest BCUT2D eigenvalue weighted by Crippen LogP contribution is -2.38. The zero-order chi connectivity index (χ0) is 29.1. The largest absolute Gasteiger partial charge is 0.456 e. The molecule has 0 fully saturated rings. The molecule has 0 saturated carbocycles. The van der Waals surface area contributed by atoms with E-state index < -0.39 is 17.3 Å². The molecule has 0 radical (unpaired) electrons. The maximum Gasteiger partial charge on any atom is 0.416 e. The highest BCUT2D eigenvalue weighted by molar-refractivity contribution is 6.32. The van der Waals surface area contributed by atoms with Crippen molar-refractivity contribution >= 4 is 40.2 Å². The molecule has 0 aliphatic heterocycles. The van der Waals surface area contributed by atoms with Crippen molar-refractivity contribution in [1.82, 2.24) is 19.4 Å². The van der Waals surface area contributed by atoms with Gasteiger partial charge in [-0.25, -0.2) is 14.8 Å². The van der Waals surface area contributed by atoms with Crippen molar-refractivity contribution in [2.45, 2.75) is 46.0 Å². The second-order valence-corrected chi connectivity index (χ2v) is 10.3. The average molecular weight is 576 g/mol. The minimum absolute atomic E-state index is 0.0141. The summed E-state index contributed by atoms with van der Waals surface area (Å²) in [5.41, 5.74) is 0.600. The van der Waals surface area contributed by atoms with Crippen LogP contribution >= 0.6 is 11.6 Å². The molecule has 4 aromatic rings. The van der Waals surface area contributed by atoms with Crippen LogP contribution in [0, 0.1) is 0 Å². The summed E-state index contributed by atoms with van der Waals surface area (Å²) in [5, 5.41) is 3.42. The molecular weight excluding hydrogens is 547 g/mol. The van der Waals surface area contributed by atoms with Crippen molar-refractivity contribution in [2.75, 3.05) is 18.4 Å². The van der Waals surface area contributed by atoms with E-state index in [1.54, 1.807) is 23.1 Å². The first-order chi connectivity index (χ1) is 18.8. The molecule has 0 saturated heterocycles. The van der Waals surface area contributed by atoms with Crippen LogP contribution in [0.1, 0.15) is 33.3 Å². The van der Waals surface area contributed by atoms with Crippen molar-refractivity contribution in [3.05, 3.63) is 71.6 Å². The molecule has 2 heterocycles. The highest BCUT2D eigenvalue weighted by Gasteiger charge is 2.30. The van der Waals surface area contributed by atoms with E-state index in [4.69, 9.17) is 21.1 Å². The first-order valence-corrected chi connectivity index (χ1v) is 12.9. The Balaban J connectivity index is 1.51. The van der Waals surface area contributed by atoms with Gasteiger partial charge in [0.15, 0.2) is 5.82 Å². The van der Waals surface area contributed by atoms with Crippen molar-refractivity contribution < 1.29 is 27.4 Å². The number of nitrogens with zero attached hydrogens (tertiary/aromatic N) is 4. The molecule has 0 unspecified atom stereocenters. The fourth-order valence-corrected chi connectivity index (χ4v) is 4.12. The number of ether oxygens (including phenoxy) is 2. The molecular formula is C28H29ClF3N5O3. The number of alkyl halides is 3. The van der Waals surface area contributed by atoms with E-state index in [2.05, 4.69) is 15.3 Å². The fourth-order valence-electron chi connectivity index (χ4n) is 3.90. The van der Waals surface area contributed by atoms with Crippen molar-refractivity contribution in [3.63, 3.8) is 0 Å². The van der Waals surface area contributed by atoms with E-state index in [1.807, 2.05) is 44.5 Å². The number of fused-ring (bicyclic) bond motifs is 1. The van der Waals surface area contributed by atoms with Gasteiger partial charge in [-0.05, 0) is 70.2 Å². The number of carbonyl (C=O) groups is 1. The molecule has 0 bridgehead atoms. The standard InChI is InChI=1S/C28H29ClF3N5O3/c1-5-36(26(38)40-27(2,3)4)13-14-37-12-11-22-24(37)25(34-17-33-22)35-19-9-10-23(21(29)16-19)39-20-8-6-7-18(15-20)28(30,31)32/h6-12,15-17H,5,13-14H2,1-4H3,(H,33,34,35). The molecule has 212 valence electrons. The van der Waals surface area contributed by atoms with Gasteiger partial charge in [0.05, 0.1) is 16.1 Å². The molecule has 0 spiro atoms. The van der Waals surface area contributed by atoms with Crippen LogP contribution in [0.25, 0.3) is 11.0 Å². The molecule has 8 nitrogen and oxygen atoms in total. The first-order valence-electron chi connectivity index (χ1n) is 12.5. The third-order valence-corrected chi connectivity index (χ3v) is 6.07. The van der Waals surface area contributed by atoms with Gasteiger partial charge in [-0.2, -0.15) is 13.2 Å². The van der Waals surface area contributed by atoms with E-state index in [0.717, 1.165) is 17.6 Å². The highest BCUT2D eigenvalue weighted by Crippen LogP contribution is 2.36. The quantitative estimate of drug-likeness (QED) is 0.230. The van der Waals surface area contributed by atoms with Crippen LogP contribution in [-0.4, -0.2) is 44.2 Å². The number of carbonyl (C=O) groups excluding carboxylic acids is 1. The van der Waals surface area contributed by atoms with Crippen LogP contribution < -0.4 is 10.1 Å². The van der Waals surface area contributed by atoms with Gasteiger partial charge in [0.2, 0.25) is 0 Å². The van der Waals surface area contributed by atoms with Gasteiger partial charge < -0.3 is 24.3 Å². The zero-order valence-corrected chi connectivity index (χ0v) is 23.2. The molecule has 0 atom stereocenters. The Hall–Kier alpha value is -3.99. The maximum absolute atomic E-state index is 13.0. The number of anilines is 2. The van der Waals surface area contributed by atoms with Gasteiger partial charge in [-0.15, -0.1) is 0 Å². The molecule has 12 heteroatoms. The summed E-state index contributed by atoms with van der Waals surface area (Å²) >= 11 is 6.41. The lowest BCUT2D eigenvalue weighted by atomic mass is 10.2. The monoisotopic (exact) mass is 575 g/mol. The Morgan fingerprint density at radius 1 is 1.10 bits per heavy atom. The highest BCUT2D eigenvalue weighted by atomic mass is 35.5. The summed E-state index contributed by atoms with van der Waals surface area (Å²) in [7, 11) is 0. The second-order valence-electron chi connectivity index (χ2n) is 9.92. The molecule has 1 amide bonds. The molecule has 2 aromatic carbocycles. The number of nitrogens with one attached hydrogen (secondary N) is 1. The van der Waals surface area contributed by atoms with E-state index in [1.165, 1.54) is 18.5 Å². The van der Waals surface area contributed by atoms with Gasteiger partial charge in [-0.3, -0.25) is 0 Å². The Kier molecular flexibility index (Phi) is 8.43. The number of benzene rings is 2. The average Bonchev–Trinajstić information content (AvgIpc) is 3.29. The number of amides is 1. The Bertz CT molecular complexity index is 1500. The molecule has 4 rings (SSSR count). The Morgan fingerprint density at radius 3 is 2.55 bits per heavy atom. The smallest absolute Gasteiger partial charge is 0.416 e. The predicted octanol–water partition coefficient (Wildman–Crippen LogP) is 7.90. The van der Waals surface area contributed by atoms with Gasteiger partial charge in [0, 0.05) is 31.5 Å². The summed E-state index contributed by atoms with van der Waals surface area (Å²) < 4.78 is 52.2. The SMILES string of the molecule is CCN(CCn1ccc2ncnc(Nc3ccc(Oc4cccc(C(F)(F)F)c4)c(Cl)c3)c21)C(=O)OC(C)(C)C. The maximum atomic E-state index is 13.0. The van der Waals surface area contributed by atoms with Crippen LogP contribution in [0.2, 0.25) is 5.02 Å². The van der Waals surface area contributed by atoms with Crippen molar-refractivity contribution in [2.24, 2.45) is 0 Å². The Morgan fingerprint density at radius 2 is 1.88 bits per heavy atom. The summed E-state index contributed by atoms with van der Waals surface area (Å²) in [4.78, 5) is 22.9. The van der Waals surface area contributed by atoms with E-state index >= 15 is 0 Å². The van der Waals surface area contributed by atoms with Crippen LogP contribution in [0.4, 0.5) is 29.5 Å². The topological polar surface area (TPSA) is 81.5 Å². The molecule has 40 heavy (non-hydrogen) atoms. The third-order valence-electron chi connectivity index (χ3n) is 5.78. The first kappa shape index (κ1) is 29.0. The van der Waals surface area contributed by atoms with Gasteiger partial charge >= 0.3 is 12.3 Å². The van der Waals surface area contributed by atoms with E-state index in [-0.39, 0.29) is 22.6 Å². The minimum Gasteiger partial charge on any atom is -0.456 e. The third kappa shape index (κ3) is 7.15. The summed E-state index contributed by atoms with van der Waals surface area (Å²) in [6.07, 6.45) is -1.57. The minimum atomic E-state index is -4.48.